The Kier molecular flexibility index (Phi) is 11.7. The molecule has 2 aromatic heterocycles. The number of hydrogen-bond donors (Lipinski definition) is 0. The third-order valence-corrected chi connectivity index (χ3v) is 17.6. The molecule has 0 N–H and O–H groups in total. The van der Waals surface area contributed by atoms with Gasteiger partial charge in [0.15, 0.2) is 0 Å². The van der Waals surface area contributed by atoms with Gasteiger partial charge in [-0.2, -0.15) is 0 Å². The Bertz CT molecular complexity index is 4890. The molecule has 2 aliphatic heterocycles. The molecule has 0 saturated carbocycles. The minimum atomic E-state index is 0. The molecule has 3 aliphatic rings. The van der Waals surface area contributed by atoms with E-state index in [-0.39, 0.29) is 21.1 Å². The van der Waals surface area contributed by atoms with Crippen LogP contribution in [-0.2, 0) is 21.1 Å². The van der Waals surface area contributed by atoms with Crippen LogP contribution in [0.1, 0.15) is 22.3 Å². The molecule has 0 spiro atoms. The molecule has 5 heteroatoms. The van der Waals surface area contributed by atoms with Crippen molar-refractivity contribution < 1.29 is 21.1 Å². The molecule has 85 heavy (non-hydrogen) atoms. The fraction of sp³-hybridized carbons (Fsp3) is 0.0500. The molecule has 0 fully saturated rings. The second-order valence-corrected chi connectivity index (χ2v) is 23.2. The molecule has 4 nitrogen and oxygen atoms in total. The van der Waals surface area contributed by atoms with E-state index in [1.54, 1.807) is 0 Å². The van der Waals surface area contributed by atoms with Crippen molar-refractivity contribution in [2.75, 3.05) is 0 Å². The van der Waals surface area contributed by atoms with Gasteiger partial charge in [0.05, 0.1) is 22.8 Å². The maximum Gasteiger partial charge on any atom is 2.00 e. The maximum absolute atomic E-state index is 6.21. The van der Waals surface area contributed by atoms with E-state index in [9.17, 15) is 0 Å². The molecule has 1 aliphatic carbocycles. The Morgan fingerprint density at radius 1 is 0.235 bits per heavy atom. The average molecular weight is 1260 g/mol. The monoisotopic (exact) mass is 1260 g/mol. The second-order valence-electron chi connectivity index (χ2n) is 23.2. The van der Waals surface area contributed by atoms with E-state index in [2.05, 4.69) is 270 Å². The summed E-state index contributed by atoms with van der Waals surface area (Å²) in [5, 5.41) is 13.3. The standard InChI is InChI=1S/C80H52N4.Pt/c1-45-17-13-29-57(33-45)69-73-61-37-49-21-5-7-23-51(49)39-63(61)75(81-73)70(58-30-14-18-46(2)34-58)77-65-41-53-25-9-11-27-55(53)43-67(65)79(83-77)72(60-32-16-20-48(4)36-60)80-68-44-56-28-12-10-26-54(56)42-66(68)78(84-80)71(59-31-15-19-47(3)35-59)76-64-40-52-24-8-6-22-50(52)38-62(64)74(69)82-76;/h5-44H,1-4H3;/q-2;+2. The van der Waals surface area contributed by atoms with Gasteiger partial charge in [0.2, 0.25) is 0 Å². The average Bonchev–Trinajstić information content (AvgIpc) is 2.07. The van der Waals surface area contributed by atoms with Crippen LogP contribution in [0.25, 0.3) is 176 Å². The van der Waals surface area contributed by atoms with Crippen LogP contribution in [0.4, 0.5) is 0 Å². The van der Waals surface area contributed by atoms with Crippen LogP contribution in [0.5, 0.6) is 0 Å². The molecule has 0 radical (unpaired) electrons. The minimum Gasteiger partial charge on any atom is -0.656 e. The number of aryl methyl sites for hydroxylation is 4. The number of fused-ring (bicyclic) bond motifs is 4. The van der Waals surface area contributed by atoms with Crippen molar-refractivity contribution in [1.82, 2.24) is 19.9 Å². The molecule has 402 valence electrons. The predicted molar refractivity (Wildman–Crippen MR) is 354 cm³/mol. The van der Waals surface area contributed by atoms with Crippen molar-refractivity contribution in [2.24, 2.45) is 0 Å². The summed E-state index contributed by atoms with van der Waals surface area (Å²) in [4.78, 5) is 24.8. The van der Waals surface area contributed by atoms with Gasteiger partial charge in [0, 0.05) is 22.3 Å². The zero-order valence-electron chi connectivity index (χ0n) is 47.2. The zero-order chi connectivity index (χ0) is 55.9. The predicted octanol–water partition coefficient (Wildman–Crippen LogP) is 21.1. The van der Waals surface area contributed by atoms with E-state index < -0.39 is 0 Å². The first-order chi connectivity index (χ1) is 41.2. The van der Waals surface area contributed by atoms with Gasteiger partial charge in [-0.3, -0.25) is 0 Å². The Morgan fingerprint density at radius 3 is 0.659 bits per heavy atom. The van der Waals surface area contributed by atoms with Crippen LogP contribution in [-0.4, -0.2) is 9.97 Å². The number of hydrogen-bond acceptors (Lipinski definition) is 2. The van der Waals surface area contributed by atoms with E-state index in [1.807, 2.05) is 0 Å². The first-order valence-electron chi connectivity index (χ1n) is 29.0. The molecular formula is C80H52N4Pt. The Morgan fingerprint density at radius 2 is 0.447 bits per heavy atom. The van der Waals surface area contributed by atoms with Crippen LogP contribution in [0.3, 0.4) is 0 Å². The molecular weight excluding hydrogens is 1210 g/mol. The third-order valence-electron chi connectivity index (χ3n) is 17.6. The zero-order valence-corrected chi connectivity index (χ0v) is 49.5. The fourth-order valence-electron chi connectivity index (χ4n) is 13.7. The Balaban J connectivity index is 0.00000588. The summed E-state index contributed by atoms with van der Waals surface area (Å²) < 4.78 is 0. The van der Waals surface area contributed by atoms with Crippen molar-refractivity contribution in [2.45, 2.75) is 27.7 Å². The van der Waals surface area contributed by atoms with Gasteiger partial charge in [-0.1, -0.05) is 216 Å². The molecule has 0 atom stereocenters. The van der Waals surface area contributed by atoms with E-state index in [4.69, 9.17) is 19.9 Å². The van der Waals surface area contributed by atoms with Crippen LogP contribution in [0.15, 0.2) is 243 Å². The van der Waals surface area contributed by atoms with E-state index in [1.165, 1.54) is 0 Å². The van der Waals surface area contributed by atoms with Crippen LogP contribution < -0.4 is 9.97 Å². The normalized spacial score (nSPS) is 11.9. The topological polar surface area (TPSA) is 54.0 Å². The molecule has 17 rings (SSSR count). The van der Waals surface area contributed by atoms with Crippen LogP contribution in [0.2, 0.25) is 0 Å². The SMILES string of the molecule is Cc1cccc(-c2c3nc(c(-c4cccc(C)c4)c4[n-]c(c(-c5cccc(C)c5)c5nc(c(-c6cccc(C)c6)c6[n-]c2c2cc7ccccc7cc62)-c2cc6ccccc6cc2-5)c2cc5ccccc5cc42)-c2cc4ccccc4cc2-3)c1.[Pt+2]. The summed E-state index contributed by atoms with van der Waals surface area (Å²) in [7, 11) is 0. The first kappa shape index (κ1) is 50.7. The van der Waals surface area contributed by atoms with Crippen molar-refractivity contribution >= 4 is 86.7 Å². The van der Waals surface area contributed by atoms with Crippen molar-refractivity contribution in [1.29, 1.82) is 0 Å². The fourth-order valence-corrected chi connectivity index (χ4v) is 13.7. The van der Waals surface area contributed by atoms with E-state index >= 15 is 0 Å². The van der Waals surface area contributed by atoms with Gasteiger partial charge in [-0.15, -0.1) is 22.1 Å². The van der Waals surface area contributed by atoms with Gasteiger partial charge in [-0.25, -0.2) is 9.97 Å². The van der Waals surface area contributed by atoms with Crippen LogP contribution >= 0.6 is 0 Å². The van der Waals surface area contributed by atoms with Gasteiger partial charge < -0.3 is 9.97 Å². The minimum absolute atomic E-state index is 0. The van der Waals surface area contributed by atoms with Gasteiger partial charge in [0.25, 0.3) is 0 Å². The number of rotatable bonds is 4. The smallest absolute Gasteiger partial charge is 0.656 e. The molecule has 8 bridgehead atoms. The maximum atomic E-state index is 6.21. The quantitative estimate of drug-likeness (QED) is 0.176. The van der Waals surface area contributed by atoms with E-state index in [0.717, 1.165) is 198 Å². The van der Waals surface area contributed by atoms with Crippen molar-refractivity contribution in [3.05, 3.63) is 265 Å². The molecule has 0 amide bonds. The van der Waals surface area contributed by atoms with Gasteiger partial charge >= 0.3 is 21.1 Å². The van der Waals surface area contributed by atoms with Gasteiger partial charge in [-0.05, 0) is 185 Å². The summed E-state index contributed by atoms with van der Waals surface area (Å²) >= 11 is 0. The second kappa shape index (κ2) is 19.6. The van der Waals surface area contributed by atoms with E-state index in [0.29, 0.717) is 0 Å². The number of benzene rings is 12. The Labute approximate surface area is 506 Å². The third kappa shape index (κ3) is 8.07. The summed E-state index contributed by atoms with van der Waals surface area (Å²) in [5.41, 5.74) is 23.7. The van der Waals surface area contributed by atoms with Gasteiger partial charge in [0.1, 0.15) is 0 Å². The Hall–Kier alpha value is -9.99. The summed E-state index contributed by atoms with van der Waals surface area (Å²) in [5.74, 6) is 0. The molecule has 4 heterocycles. The largest absolute Gasteiger partial charge is 2.00 e. The first-order valence-corrected chi connectivity index (χ1v) is 29.0. The molecule has 12 aromatic carbocycles. The molecule has 0 saturated heterocycles. The summed E-state index contributed by atoms with van der Waals surface area (Å²) in [6.07, 6.45) is 0. The summed E-state index contributed by atoms with van der Waals surface area (Å²) in [6.45, 7) is 8.73. The molecule has 0 unspecified atom stereocenters. The number of nitrogens with zero attached hydrogens (tertiary/aromatic N) is 4. The summed E-state index contributed by atoms with van der Waals surface area (Å²) in [6, 6.07) is 89.5. The number of aromatic nitrogens is 4. The van der Waals surface area contributed by atoms with Crippen LogP contribution in [0, 0.1) is 27.7 Å². The molecule has 14 aromatic rings. The van der Waals surface area contributed by atoms with Crippen molar-refractivity contribution in [3.63, 3.8) is 0 Å². The van der Waals surface area contributed by atoms with Crippen molar-refractivity contribution in [3.8, 4) is 89.5 Å².